The summed E-state index contributed by atoms with van der Waals surface area (Å²) in [7, 11) is 3.69. The molecule has 0 radical (unpaired) electrons. The minimum atomic E-state index is -1.14. The summed E-state index contributed by atoms with van der Waals surface area (Å²) < 4.78 is 5.88. The van der Waals surface area contributed by atoms with Crippen LogP contribution in [0.2, 0.25) is 0 Å². The summed E-state index contributed by atoms with van der Waals surface area (Å²) in [6.07, 6.45) is 19.3. The van der Waals surface area contributed by atoms with Gasteiger partial charge in [0.1, 0.15) is 5.60 Å². The molecule has 0 aliphatic rings. The Labute approximate surface area is 193 Å². The zero-order valence-electron chi connectivity index (χ0n) is 22.0. The molecule has 0 saturated heterocycles. The molecular formula is C27H53NO3. The first-order chi connectivity index (χ1) is 14.5. The first-order valence-corrected chi connectivity index (χ1v) is 12.8. The van der Waals surface area contributed by atoms with Gasteiger partial charge in [-0.2, -0.15) is 0 Å². The van der Waals surface area contributed by atoms with Gasteiger partial charge in [-0.25, -0.2) is 0 Å². The maximum absolute atomic E-state index is 12.7. The summed E-state index contributed by atoms with van der Waals surface area (Å²) in [5, 5.41) is 11.0. The summed E-state index contributed by atoms with van der Waals surface area (Å²) in [6, 6.07) is 0. The van der Waals surface area contributed by atoms with E-state index in [0.717, 1.165) is 25.7 Å². The molecule has 0 saturated carbocycles. The summed E-state index contributed by atoms with van der Waals surface area (Å²) in [5.41, 5.74) is -2.20. The quantitative estimate of drug-likeness (QED) is 0.107. The van der Waals surface area contributed by atoms with Gasteiger partial charge < -0.3 is 9.84 Å². The number of esters is 1. The zero-order chi connectivity index (χ0) is 23.9. The molecule has 0 aliphatic heterocycles. The lowest BCUT2D eigenvalue weighted by Gasteiger charge is -2.48. The van der Waals surface area contributed by atoms with E-state index in [4.69, 9.17) is 4.74 Å². The molecule has 0 fully saturated rings. The number of hydrogen-bond donors (Lipinski definition) is 1. The average molecular weight is 440 g/mol. The van der Waals surface area contributed by atoms with Crippen molar-refractivity contribution in [2.24, 2.45) is 11.8 Å². The van der Waals surface area contributed by atoms with E-state index >= 15 is 0 Å². The molecule has 0 bridgehead atoms. The van der Waals surface area contributed by atoms with Crippen LogP contribution in [0.15, 0.2) is 12.2 Å². The molecule has 0 aromatic heterocycles. The lowest BCUT2D eigenvalue weighted by atomic mass is 9.82. The van der Waals surface area contributed by atoms with E-state index in [1.807, 2.05) is 34.9 Å². The zero-order valence-corrected chi connectivity index (χ0v) is 22.0. The summed E-state index contributed by atoms with van der Waals surface area (Å²) in [6.45, 7) is 11.6. The van der Waals surface area contributed by atoms with Crippen LogP contribution in [-0.2, 0) is 9.53 Å². The number of rotatable bonds is 18. The Hall–Kier alpha value is -0.870. The lowest BCUT2D eigenvalue weighted by molar-refractivity contribution is -0.244. The molecule has 0 amide bonds. The van der Waals surface area contributed by atoms with Gasteiger partial charge in [0.15, 0.2) is 5.72 Å². The number of carbonyl (C=O) groups excluding carboxylic acids is 1. The predicted octanol–water partition coefficient (Wildman–Crippen LogP) is 7.11. The number of nitrogens with zero attached hydrogens (tertiary/aromatic N) is 1. The van der Waals surface area contributed by atoms with Gasteiger partial charge in [-0.3, -0.25) is 9.69 Å². The molecule has 0 aliphatic carbocycles. The molecule has 3 unspecified atom stereocenters. The third kappa shape index (κ3) is 11.0. The standard InChI is InChI=1S/C27H53NO3/c1-9-10-11-12-13-14-15-16-17-18-19-20-21-22-24(4)25(29)31-27(6,28(7)8)26(5,30)23(2)3/h15-16,23-24,30H,9-14,17-22H2,1-8H3. The molecule has 4 nitrogen and oxygen atoms in total. The highest BCUT2D eigenvalue weighted by Crippen LogP contribution is 2.35. The highest BCUT2D eigenvalue weighted by molar-refractivity contribution is 5.72. The summed E-state index contributed by atoms with van der Waals surface area (Å²) in [4.78, 5) is 14.5. The van der Waals surface area contributed by atoms with Crippen LogP contribution in [0.1, 0.15) is 119 Å². The summed E-state index contributed by atoms with van der Waals surface area (Å²) >= 11 is 0. The fraction of sp³-hybridized carbons (Fsp3) is 0.889. The Morgan fingerprint density at radius 1 is 0.903 bits per heavy atom. The van der Waals surface area contributed by atoms with Crippen molar-refractivity contribution >= 4 is 5.97 Å². The number of aliphatic hydroxyl groups is 1. The van der Waals surface area contributed by atoms with Gasteiger partial charge in [0.05, 0.1) is 5.92 Å². The number of likely N-dealkylation sites (N-methyl/N-ethyl adjacent to an activating group) is 1. The van der Waals surface area contributed by atoms with Crippen molar-refractivity contribution < 1.29 is 14.6 Å². The number of ether oxygens (including phenoxy) is 1. The Bertz CT molecular complexity index is 499. The van der Waals surface area contributed by atoms with Gasteiger partial charge in [-0.05, 0) is 66.0 Å². The first-order valence-electron chi connectivity index (χ1n) is 12.8. The predicted molar refractivity (Wildman–Crippen MR) is 133 cm³/mol. The van der Waals surface area contributed by atoms with Gasteiger partial charge in [-0.1, -0.05) is 84.8 Å². The van der Waals surface area contributed by atoms with Crippen LogP contribution in [0.5, 0.6) is 0 Å². The Kier molecular flexibility index (Phi) is 15.4. The minimum Gasteiger partial charge on any atom is -0.441 e. The van der Waals surface area contributed by atoms with Crippen LogP contribution >= 0.6 is 0 Å². The van der Waals surface area contributed by atoms with E-state index in [0.29, 0.717) is 0 Å². The normalized spacial score (nSPS) is 17.1. The number of hydrogen-bond acceptors (Lipinski definition) is 4. The monoisotopic (exact) mass is 439 g/mol. The van der Waals surface area contributed by atoms with Gasteiger partial charge in [0.2, 0.25) is 0 Å². The van der Waals surface area contributed by atoms with Crippen LogP contribution < -0.4 is 0 Å². The van der Waals surface area contributed by atoms with E-state index in [1.165, 1.54) is 51.4 Å². The maximum atomic E-state index is 12.7. The molecule has 4 heteroatoms. The van der Waals surface area contributed by atoms with E-state index < -0.39 is 11.3 Å². The molecule has 0 aromatic rings. The largest absolute Gasteiger partial charge is 0.441 e. The smallest absolute Gasteiger partial charge is 0.310 e. The molecule has 0 rings (SSSR count). The van der Waals surface area contributed by atoms with E-state index in [2.05, 4.69) is 19.1 Å². The molecular weight excluding hydrogens is 386 g/mol. The third-order valence-electron chi connectivity index (χ3n) is 7.02. The fourth-order valence-corrected chi connectivity index (χ4v) is 3.76. The van der Waals surface area contributed by atoms with Crippen LogP contribution in [0.4, 0.5) is 0 Å². The van der Waals surface area contributed by atoms with E-state index in [-0.39, 0.29) is 17.8 Å². The maximum Gasteiger partial charge on any atom is 0.310 e. The van der Waals surface area contributed by atoms with Gasteiger partial charge in [0, 0.05) is 0 Å². The highest BCUT2D eigenvalue weighted by Gasteiger charge is 2.51. The van der Waals surface area contributed by atoms with Gasteiger partial charge >= 0.3 is 5.97 Å². The van der Waals surface area contributed by atoms with Gasteiger partial charge in [0.25, 0.3) is 0 Å². The van der Waals surface area contributed by atoms with E-state index in [9.17, 15) is 9.90 Å². The fourth-order valence-electron chi connectivity index (χ4n) is 3.76. The number of carbonyl (C=O) groups is 1. The second-order valence-corrected chi connectivity index (χ2v) is 10.2. The van der Waals surface area contributed by atoms with Crippen molar-refractivity contribution in [3.63, 3.8) is 0 Å². The molecule has 31 heavy (non-hydrogen) atoms. The highest BCUT2D eigenvalue weighted by atomic mass is 16.6. The molecule has 1 N–H and O–H groups in total. The third-order valence-corrected chi connectivity index (χ3v) is 7.02. The van der Waals surface area contributed by atoms with Crippen molar-refractivity contribution in [1.82, 2.24) is 4.90 Å². The SMILES string of the molecule is CCCCCCCC=CCCCCCCC(C)C(=O)OC(C)(N(C)C)C(C)(O)C(C)C. The second-order valence-electron chi connectivity index (χ2n) is 10.2. The number of unbranched alkanes of at least 4 members (excludes halogenated alkanes) is 9. The van der Waals surface area contributed by atoms with E-state index in [1.54, 1.807) is 18.7 Å². The first kappa shape index (κ1) is 30.1. The molecule has 0 aromatic carbocycles. The molecule has 184 valence electrons. The van der Waals surface area contributed by atoms with Crippen LogP contribution in [0.25, 0.3) is 0 Å². The van der Waals surface area contributed by atoms with Crippen molar-refractivity contribution in [2.45, 2.75) is 130 Å². The lowest BCUT2D eigenvalue weighted by Crippen LogP contribution is -2.63. The van der Waals surface area contributed by atoms with Crippen LogP contribution in [-0.4, -0.2) is 41.4 Å². The minimum absolute atomic E-state index is 0.0434. The van der Waals surface area contributed by atoms with Crippen molar-refractivity contribution in [2.75, 3.05) is 14.1 Å². The Balaban J connectivity index is 4.12. The Morgan fingerprint density at radius 3 is 1.84 bits per heavy atom. The number of allylic oxidation sites excluding steroid dienone is 2. The topological polar surface area (TPSA) is 49.8 Å². The van der Waals surface area contributed by atoms with Gasteiger partial charge in [-0.15, -0.1) is 0 Å². The van der Waals surface area contributed by atoms with Crippen molar-refractivity contribution in [3.05, 3.63) is 12.2 Å². The molecule has 3 atom stereocenters. The van der Waals surface area contributed by atoms with Crippen LogP contribution in [0.3, 0.4) is 0 Å². The second kappa shape index (κ2) is 15.9. The molecule has 0 spiro atoms. The Morgan fingerprint density at radius 2 is 1.39 bits per heavy atom. The van der Waals surface area contributed by atoms with Crippen LogP contribution in [0, 0.1) is 11.8 Å². The van der Waals surface area contributed by atoms with Crippen molar-refractivity contribution in [3.8, 4) is 0 Å². The average Bonchev–Trinajstić information content (AvgIpc) is 2.70. The molecule has 0 heterocycles. The van der Waals surface area contributed by atoms with Crippen molar-refractivity contribution in [1.29, 1.82) is 0 Å². The summed E-state index contributed by atoms with van der Waals surface area (Å²) in [5.74, 6) is -0.424.